The number of carbonyl (C=O) groups is 1. The maximum atomic E-state index is 12.1. The van der Waals surface area contributed by atoms with Gasteiger partial charge in [0.05, 0.1) is 5.69 Å². The van der Waals surface area contributed by atoms with Crippen LogP contribution in [0, 0.1) is 0 Å². The molecule has 1 fully saturated rings. The Hall–Kier alpha value is -1.10. The highest BCUT2D eigenvalue weighted by Crippen LogP contribution is 2.42. The Bertz CT molecular complexity index is 432. The molecule has 100 valence electrons. The number of nitrogen functional groups attached to an aromatic ring is 1. The van der Waals surface area contributed by atoms with Crippen LogP contribution in [0.4, 0.5) is 5.69 Å². The molecule has 3 N–H and O–H groups in total. The van der Waals surface area contributed by atoms with Crippen LogP contribution in [-0.4, -0.2) is 28.0 Å². The number of thioether (sulfide) groups is 1. The minimum Gasteiger partial charge on any atom is -0.397 e. The van der Waals surface area contributed by atoms with Gasteiger partial charge in [0.2, 0.25) is 0 Å². The standard InChI is InChI=1S/C13H21N3OS/c1-3-16-8-10(14)7-11(16)12(17)15-9-13(18-2)5-4-6-13/h7-8H,3-6,9,14H2,1-2H3,(H,15,17). The van der Waals surface area contributed by atoms with Crippen molar-refractivity contribution >= 4 is 23.4 Å². The van der Waals surface area contributed by atoms with Crippen LogP contribution < -0.4 is 11.1 Å². The molecule has 0 atom stereocenters. The summed E-state index contributed by atoms with van der Waals surface area (Å²) in [6.07, 6.45) is 7.60. The highest BCUT2D eigenvalue weighted by Gasteiger charge is 2.36. The van der Waals surface area contributed by atoms with E-state index in [1.54, 1.807) is 6.07 Å². The SMILES string of the molecule is CCn1cc(N)cc1C(=O)NCC1(SC)CCC1. The van der Waals surface area contributed by atoms with Crippen LogP contribution in [0.3, 0.4) is 0 Å². The molecule has 0 unspecified atom stereocenters. The van der Waals surface area contributed by atoms with Crippen LogP contribution in [0.15, 0.2) is 12.3 Å². The van der Waals surface area contributed by atoms with Crippen molar-refractivity contribution in [1.82, 2.24) is 9.88 Å². The summed E-state index contributed by atoms with van der Waals surface area (Å²) in [6.45, 7) is 3.51. The second kappa shape index (κ2) is 5.26. The number of nitrogens with two attached hydrogens (primary N) is 1. The quantitative estimate of drug-likeness (QED) is 0.859. The lowest BCUT2D eigenvalue weighted by atomic mass is 9.84. The van der Waals surface area contributed by atoms with Gasteiger partial charge in [-0.1, -0.05) is 6.42 Å². The first-order chi connectivity index (χ1) is 8.60. The molecule has 1 saturated carbocycles. The topological polar surface area (TPSA) is 60.0 Å². The zero-order chi connectivity index (χ0) is 13.2. The van der Waals surface area contributed by atoms with Gasteiger partial charge in [-0.25, -0.2) is 0 Å². The number of rotatable bonds is 5. The lowest BCUT2D eigenvalue weighted by molar-refractivity contribution is 0.0935. The van der Waals surface area contributed by atoms with Gasteiger partial charge in [-0.05, 0) is 32.1 Å². The van der Waals surface area contributed by atoms with E-state index in [2.05, 4.69) is 11.6 Å². The lowest BCUT2D eigenvalue weighted by Crippen LogP contribution is -2.45. The van der Waals surface area contributed by atoms with Crippen molar-refractivity contribution in [2.24, 2.45) is 0 Å². The van der Waals surface area contributed by atoms with Crippen LogP contribution in [-0.2, 0) is 6.54 Å². The van der Waals surface area contributed by atoms with Crippen molar-refractivity contribution in [2.45, 2.75) is 37.5 Å². The van der Waals surface area contributed by atoms with Gasteiger partial charge in [0.25, 0.3) is 5.91 Å². The smallest absolute Gasteiger partial charge is 0.268 e. The first-order valence-electron chi connectivity index (χ1n) is 6.39. The molecule has 2 rings (SSSR count). The normalized spacial score (nSPS) is 17.2. The van der Waals surface area contributed by atoms with Crippen molar-refractivity contribution in [2.75, 3.05) is 18.5 Å². The van der Waals surface area contributed by atoms with Gasteiger partial charge in [0, 0.05) is 24.0 Å². The number of hydrogen-bond donors (Lipinski definition) is 2. The monoisotopic (exact) mass is 267 g/mol. The van der Waals surface area contributed by atoms with E-state index < -0.39 is 0 Å². The van der Waals surface area contributed by atoms with Gasteiger partial charge < -0.3 is 15.6 Å². The zero-order valence-electron chi connectivity index (χ0n) is 11.0. The summed E-state index contributed by atoms with van der Waals surface area (Å²) < 4.78 is 2.15. The predicted molar refractivity (Wildman–Crippen MR) is 76.9 cm³/mol. The van der Waals surface area contributed by atoms with E-state index in [4.69, 9.17) is 5.73 Å². The minimum atomic E-state index is -0.0196. The van der Waals surface area contributed by atoms with Gasteiger partial charge in [-0.15, -0.1) is 0 Å². The molecule has 4 nitrogen and oxygen atoms in total. The Morgan fingerprint density at radius 1 is 1.61 bits per heavy atom. The third-order valence-corrected chi connectivity index (χ3v) is 5.18. The van der Waals surface area contributed by atoms with Crippen LogP contribution in [0.5, 0.6) is 0 Å². The van der Waals surface area contributed by atoms with Crippen LogP contribution in [0.1, 0.15) is 36.7 Å². The molecule has 0 saturated heterocycles. The largest absolute Gasteiger partial charge is 0.397 e. The summed E-state index contributed by atoms with van der Waals surface area (Å²) in [5.41, 5.74) is 7.03. The third-order valence-electron chi connectivity index (χ3n) is 3.76. The van der Waals surface area contributed by atoms with Gasteiger partial charge in [-0.2, -0.15) is 11.8 Å². The van der Waals surface area contributed by atoms with Crippen molar-refractivity contribution in [3.05, 3.63) is 18.0 Å². The molecule has 1 aliphatic carbocycles. The van der Waals surface area contributed by atoms with E-state index in [1.807, 2.05) is 29.4 Å². The third kappa shape index (κ3) is 2.51. The molecule has 1 aliphatic rings. The number of aromatic nitrogens is 1. The second-order valence-electron chi connectivity index (χ2n) is 4.87. The highest BCUT2D eigenvalue weighted by atomic mass is 32.2. The number of nitrogens with one attached hydrogen (secondary N) is 1. The van der Waals surface area contributed by atoms with Gasteiger partial charge in [0.15, 0.2) is 0 Å². The number of amides is 1. The Morgan fingerprint density at radius 3 is 2.83 bits per heavy atom. The molecule has 18 heavy (non-hydrogen) atoms. The number of aryl methyl sites for hydroxylation is 1. The molecule has 0 aromatic carbocycles. The first kappa shape index (κ1) is 13.3. The molecule has 0 aliphatic heterocycles. The first-order valence-corrected chi connectivity index (χ1v) is 7.62. The fourth-order valence-electron chi connectivity index (χ4n) is 2.34. The van der Waals surface area contributed by atoms with Crippen molar-refractivity contribution in [1.29, 1.82) is 0 Å². The fourth-order valence-corrected chi connectivity index (χ4v) is 3.25. The Kier molecular flexibility index (Phi) is 3.90. The molecule has 1 aromatic rings. The second-order valence-corrected chi connectivity index (χ2v) is 6.14. The maximum Gasteiger partial charge on any atom is 0.268 e. The molecule has 1 aromatic heterocycles. The lowest BCUT2D eigenvalue weighted by Gasteiger charge is -2.40. The molecule has 1 heterocycles. The van der Waals surface area contributed by atoms with Crippen LogP contribution in [0.2, 0.25) is 0 Å². The minimum absolute atomic E-state index is 0.0196. The van der Waals surface area contributed by atoms with Crippen molar-refractivity contribution in [3.8, 4) is 0 Å². The van der Waals surface area contributed by atoms with Gasteiger partial charge in [-0.3, -0.25) is 4.79 Å². The number of nitrogens with zero attached hydrogens (tertiary/aromatic N) is 1. The van der Waals surface area contributed by atoms with E-state index >= 15 is 0 Å². The average Bonchev–Trinajstić information content (AvgIpc) is 2.69. The molecule has 0 bridgehead atoms. The summed E-state index contributed by atoms with van der Waals surface area (Å²) >= 11 is 1.87. The van der Waals surface area contributed by atoms with Gasteiger partial charge >= 0.3 is 0 Å². The Morgan fingerprint density at radius 2 is 2.33 bits per heavy atom. The molecule has 1 amide bonds. The molecule has 5 heteroatoms. The number of anilines is 1. The Labute approximate surface area is 112 Å². The van der Waals surface area contributed by atoms with Crippen molar-refractivity contribution in [3.63, 3.8) is 0 Å². The fraction of sp³-hybridized carbons (Fsp3) is 0.615. The molecular weight excluding hydrogens is 246 g/mol. The van der Waals surface area contributed by atoms with E-state index in [0.717, 1.165) is 13.1 Å². The van der Waals surface area contributed by atoms with E-state index in [0.29, 0.717) is 11.4 Å². The molecule has 0 radical (unpaired) electrons. The van der Waals surface area contributed by atoms with Crippen molar-refractivity contribution < 1.29 is 4.79 Å². The summed E-state index contributed by atoms with van der Waals surface area (Å²) in [7, 11) is 0. The van der Waals surface area contributed by atoms with E-state index in [9.17, 15) is 4.79 Å². The molecular formula is C13H21N3OS. The maximum absolute atomic E-state index is 12.1. The summed E-state index contributed by atoms with van der Waals surface area (Å²) in [6, 6.07) is 1.74. The Balaban J connectivity index is 1.99. The van der Waals surface area contributed by atoms with Crippen LogP contribution in [0.25, 0.3) is 0 Å². The predicted octanol–water partition coefficient (Wildman–Crippen LogP) is 2.11. The van der Waals surface area contributed by atoms with Crippen LogP contribution >= 0.6 is 11.8 Å². The summed E-state index contributed by atoms with van der Waals surface area (Å²) in [4.78, 5) is 12.1. The van der Waals surface area contributed by atoms with E-state index in [-0.39, 0.29) is 10.7 Å². The number of carbonyl (C=O) groups excluding carboxylic acids is 1. The number of hydrogen-bond acceptors (Lipinski definition) is 3. The average molecular weight is 267 g/mol. The summed E-state index contributed by atoms with van der Waals surface area (Å²) in [5.74, 6) is -0.0196. The zero-order valence-corrected chi connectivity index (χ0v) is 11.8. The van der Waals surface area contributed by atoms with E-state index in [1.165, 1.54) is 19.3 Å². The highest BCUT2D eigenvalue weighted by molar-refractivity contribution is 8.00. The summed E-state index contributed by atoms with van der Waals surface area (Å²) in [5, 5.41) is 3.04. The van der Waals surface area contributed by atoms with Gasteiger partial charge in [0.1, 0.15) is 5.69 Å². The molecule has 0 spiro atoms.